The third kappa shape index (κ3) is 4.96. The summed E-state index contributed by atoms with van der Waals surface area (Å²) in [6, 6.07) is 0. The van der Waals surface area contributed by atoms with Gasteiger partial charge in [-0.1, -0.05) is 24.9 Å². The fraction of sp³-hybridized carbons (Fsp3) is 0.769. The van der Waals surface area contributed by atoms with E-state index in [1.807, 2.05) is 0 Å². The third-order valence-electron chi connectivity index (χ3n) is 3.02. The topological polar surface area (TPSA) is 60.9 Å². The molecule has 4 nitrogen and oxygen atoms in total. The number of halogens is 1. The molecular formula is C13H24ClN3O. The number of hydrogen-bond acceptors (Lipinski definition) is 3. The van der Waals surface area contributed by atoms with E-state index in [0.717, 1.165) is 30.8 Å². The molecule has 1 aromatic rings. The van der Waals surface area contributed by atoms with Crippen molar-refractivity contribution in [3.63, 3.8) is 0 Å². The Morgan fingerprint density at radius 3 is 2.78 bits per heavy atom. The van der Waals surface area contributed by atoms with E-state index in [0.29, 0.717) is 18.1 Å². The summed E-state index contributed by atoms with van der Waals surface area (Å²) in [6.07, 6.45) is 3.92. The number of nitrogens with one attached hydrogen (secondary N) is 2. The fourth-order valence-corrected chi connectivity index (χ4v) is 1.93. The number of aryl methyl sites for hydroxylation is 1. The SMILES string of the molecule is CCCCc1nc(Cl)c(CNC(C)(C)CCO)[nH]1. The van der Waals surface area contributed by atoms with E-state index in [2.05, 4.69) is 36.1 Å². The molecule has 1 rings (SSSR count). The summed E-state index contributed by atoms with van der Waals surface area (Å²) in [5.74, 6) is 0.957. The lowest BCUT2D eigenvalue weighted by Gasteiger charge is -2.25. The molecule has 0 aliphatic rings. The predicted molar refractivity (Wildman–Crippen MR) is 74.8 cm³/mol. The Labute approximate surface area is 114 Å². The van der Waals surface area contributed by atoms with Crippen molar-refractivity contribution in [1.29, 1.82) is 0 Å². The van der Waals surface area contributed by atoms with Crippen LogP contribution in [-0.4, -0.2) is 27.2 Å². The van der Waals surface area contributed by atoms with Crippen LogP contribution in [0.4, 0.5) is 0 Å². The van der Waals surface area contributed by atoms with Crippen LogP contribution in [0, 0.1) is 0 Å². The molecule has 0 saturated carbocycles. The van der Waals surface area contributed by atoms with Gasteiger partial charge in [-0.3, -0.25) is 0 Å². The number of aromatic nitrogens is 2. The molecule has 18 heavy (non-hydrogen) atoms. The summed E-state index contributed by atoms with van der Waals surface area (Å²) in [5.41, 5.74) is 0.820. The van der Waals surface area contributed by atoms with Gasteiger partial charge in [0.1, 0.15) is 5.82 Å². The highest BCUT2D eigenvalue weighted by atomic mass is 35.5. The van der Waals surface area contributed by atoms with E-state index in [1.165, 1.54) is 0 Å². The second-order valence-electron chi connectivity index (χ2n) is 5.27. The molecule has 0 bridgehead atoms. The summed E-state index contributed by atoms with van der Waals surface area (Å²) in [7, 11) is 0. The molecule has 0 spiro atoms. The molecule has 5 heteroatoms. The number of aliphatic hydroxyl groups excluding tert-OH is 1. The van der Waals surface area contributed by atoms with Crippen molar-refractivity contribution in [2.24, 2.45) is 0 Å². The highest BCUT2D eigenvalue weighted by Gasteiger charge is 2.17. The standard InChI is InChI=1S/C13H24ClN3O/c1-4-5-6-11-16-10(12(14)17-11)9-15-13(2,3)7-8-18/h15,18H,4-9H2,1-3H3,(H,16,17). The van der Waals surface area contributed by atoms with Crippen molar-refractivity contribution in [2.75, 3.05) is 6.61 Å². The number of H-pyrrole nitrogens is 1. The number of aromatic amines is 1. The number of aliphatic hydroxyl groups is 1. The van der Waals surface area contributed by atoms with Crippen molar-refractivity contribution in [1.82, 2.24) is 15.3 Å². The smallest absolute Gasteiger partial charge is 0.151 e. The predicted octanol–water partition coefficient (Wildman–Crippen LogP) is 2.66. The van der Waals surface area contributed by atoms with Crippen molar-refractivity contribution >= 4 is 11.6 Å². The number of unbranched alkanes of at least 4 members (excludes halogenated alkanes) is 1. The Kier molecular flexibility index (Phi) is 6.12. The number of rotatable bonds is 8. The maximum Gasteiger partial charge on any atom is 0.151 e. The van der Waals surface area contributed by atoms with Crippen LogP contribution < -0.4 is 5.32 Å². The van der Waals surface area contributed by atoms with E-state index in [9.17, 15) is 0 Å². The monoisotopic (exact) mass is 273 g/mol. The number of nitrogens with zero attached hydrogens (tertiary/aromatic N) is 1. The van der Waals surface area contributed by atoms with Gasteiger partial charge >= 0.3 is 0 Å². The van der Waals surface area contributed by atoms with Crippen LogP contribution in [0.5, 0.6) is 0 Å². The maximum absolute atomic E-state index is 8.97. The van der Waals surface area contributed by atoms with Crippen molar-refractivity contribution < 1.29 is 5.11 Å². The van der Waals surface area contributed by atoms with Gasteiger partial charge in [0.15, 0.2) is 5.15 Å². The molecule has 104 valence electrons. The van der Waals surface area contributed by atoms with Crippen LogP contribution in [0.3, 0.4) is 0 Å². The van der Waals surface area contributed by atoms with Gasteiger partial charge in [0, 0.05) is 25.1 Å². The lowest BCUT2D eigenvalue weighted by Crippen LogP contribution is -2.39. The molecule has 0 radical (unpaired) electrons. The average molecular weight is 274 g/mol. The van der Waals surface area contributed by atoms with Crippen LogP contribution >= 0.6 is 11.6 Å². The summed E-state index contributed by atoms with van der Waals surface area (Å²) >= 11 is 6.10. The van der Waals surface area contributed by atoms with Gasteiger partial charge in [0.2, 0.25) is 0 Å². The molecule has 1 aromatic heterocycles. The lowest BCUT2D eigenvalue weighted by atomic mass is 10.0. The zero-order valence-corrected chi connectivity index (χ0v) is 12.3. The Hall–Kier alpha value is -0.580. The van der Waals surface area contributed by atoms with Gasteiger partial charge in [0.25, 0.3) is 0 Å². The first-order valence-corrected chi connectivity index (χ1v) is 6.95. The van der Waals surface area contributed by atoms with Crippen molar-refractivity contribution in [3.05, 3.63) is 16.7 Å². The Balaban J connectivity index is 2.54. The summed E-state index contributed by atoms with van der Waals surface area (Å²) in [4.78, 5) is 7.58. The van der Waals surface area contributed by atoms with Crippen molar-refractivity contribution in [3.8, 4) is 0 Å². The zero-order valence-electron chi connectivity index (χ0n) is 11.5. The molecule has 0 fully saturated rings. The van der Waals surface area contributed by atoms with Gasteiger partial charge in [-0.15, -0.1) is 0 Å². The maximum atomic E-state index is 8.97. The fourth-order valence-electron chi connectivity index (χ4n) is 1.71. The Morgan fingerprint density at radius 2 is 2.17 bits per heavy atom. The quantitative estimate of drug-likeness (QED) is 0.682. The van der Waals surface area contributed by atoms with Crippen LogP contribution in [0.25, 0.3) is 0 Å². The van der Waals surface area contributed by atoms with E-state index >= 15 is 0 Å². The van der Waals surface area contributed by atoms with E-state index in [1.54, 1.807) is 0 Å². The number of imidazole rings is 1. The van der Waals surface area contributed by atoms with Crippen LogP contribution in [0.15, 0.2) is 0 Å². The van der Waals surface area contributed by atoms with Gasteiger partial charge in [-0.05, 0) is 26.7 Å². The highest BCUT2D eigenvalue weighted by molar-refractivity contribution is 6.30. The molecule has 3 N–H and O–H groups in total. The zero-order chi connectivity index (χ0) is 13.6. The molecule has 1 heterocycles. The van der Waals surface area contributed by atoms with E-state index in [4.69, 9.17) is 16.7 Å². The van der Waals surface area contributed by atoms with E-state index < -0.39 is 0 Å². The minimum atomic E-state index is -0.104. The first-order chi connectivity index (χ1) is 8.48. The number of hydrogen-bond donors (Lipinski definition) is 3. The highest BCUT2D eigenvalue weighted by Crippen LogP contribution is 2.16. The Bertz CT molecular complexity index is 363. The molecule has 0 saturated heterocycles. The van der Waals surface area contributed by atoms with Gasteiger partial charge < -0.3 is 15.4 Å². The summed E-state index contributed by atoms with van der Waals surface area (Å²) in [5, 5.41) is 12.9. The first-order valence-electron chi connectivity index (χ1n) is 6.57. The normalized spacial score (nSPS) is 12.1. The van der Waals surface area contributed by atoms with Crippen LogP contribution in [0.1, 0.15) is 51.6 Å². The van der Waals surface area contributed by atoms with Gasteiger partial charge in [0.05, 0.1) is 5.69 Å². The first kappa shape index (κ1) is 15.5. The molecular weight excluding hydrogens is 250 g/mol. The summed E-state index contributed by atoms with van der Waals surface area (Å²) in [6.45, 7) is 7.10. The van der Waals surface area contributed by atoms with Gasteiger partial charge in [-0.2, -0.15) is 0 Å². The molecule has 0 aliphatic carbocycles. The molecule has 0 amide bonds. The molecule has 0 atom stereocenters. The second-order valence-corrected chi connectivity index (χ2v) is 5.63. The third-order valence-corrected chi connectivity index (χ3v) is 3.34. The van der Waals surface area contributed by atoms with Gasteiger partial charge in [-0.25, -0.2) is 4.98 Å². The largest absolute Gasteiger partial charge is 0.396 e. The summed E-state index contributed by atoms with van der Waals surface area (Å²) < 4.78 is 0. The molecule has 0 aliphatic heterocycles. The minimum absolute atomic E-state index is 0.104. The van der Waals surface area contributed by atoms with Crippen molar-refractivity contribution in [2.45, 2.75) is 58.5 Å². The second kappa shape index (κ2) is 7.12. The van der Waals surface area contributed by atoms with E-state index in [-0.39, 0.29) is 12.1 Å². The Morgan fingerprint density at radius 1 is 1.44 bits per heavy atom. The lowest BCUT2D eigenvalue weighted by molar-refractivity contribution is 0.229. The average Bonchev–Trinajstić information content (AvgIpc) is 2.65. The molecule has 0 unspecified atom stereocenters. The molecule has 0 aromatic carbocycles. The van der Waals surface area contributed by atoms with Crippen LogP contribution in [0.2, 0.25) is 5.15 Å². The van der Waals surface area contributed by atoms with Crippen LogP contribution in [-0.2, 0) is 13.0 Å². The minimum Gasteiger partial charge on any atom is -0.396 e.